The number of aryl methyl sites for hydroxylation is 1. The molecule has 1 amide bonds. The molecule has 3 aromatic heterocycles. The molecule has 0 bridgehead atoms. The number of anilines is 1. The van der Waals surface area contributed by atoms with Crippen LogP contribution in [0.25, 0.3) is 10.9 Å². The lowest BCUT2D eigenvalue weighted by atomic mass is 10.1. The summed E-state index contributed by atoms with van der Waals surface area (Å²) in [6, 6.07) is 10.7. The maximum atomic E-state index is 13.2. The number of aromatic nitrogens is 2. The Labute approximate surface area is 202 Å². The Bertz CT molecular complexity index is 1440. The van der Waals surface area contributed by atoms with Crippen LogP contribution >= 0.6 is 23.1 Å². The van der Waals surface area contributed by atoms with Crippen LogP contribution in [0.15, 0.2) is 57.0 Å². The number of nitrogens with one attached hydrogen (secondary N) is 1. The molecule has 3 heterocycles. The van der Waals surface area contributed by atoms with Gasteiger partial charge in [0, 0.05) is 4.88 Å². The minimum absolute atomic E-state index is 0.0200. The molecular formula is C24H21N3O5S2. The normalized spacial score (nSPS) is 12.6. The first-order chi connectivity index (χ1) is 16.5. The second-order valence-corrected chi connectivity index (χ2v) is 9.82. The van der Waals surface area contributed by atoms with Crippen molar-refractivity contribution in [1.29, 1.82) is 0 Å². The van der Waals surface area contributed by atoms with E-state index in [1.807, 2.05) is 6.07 Å². The number of carbonyl (C=O) groups is 2. The van der Waals surface area contributed by atoms with Crippen LogP contribution in [0, 0.1) is 0 Å². The van der Waals surface area contributed by atoms with Gasteiger partial charge in [0.15, 0.2) is 5.16 Å². The summed E-state index contributed by atoms with van der Waals surface area (Å²) in [6.45, 7) is 0.206. The molecular weight excluding hydrogens is 474 g/mol. The van der Waals surface area contributed by atoms with E-state index in [4.69, 9.17) is 9.15 Å². The summed E-state index contributed by atoms with van der Waals surface area (Å²) < 4.78 is 11.9. The van der Waals surface area contributed by atoms with Gasteiger partial charge in [-0.15, -0.1) is 11.3 Å². The lowest BCUT2D eigenvalue weighted by Gasteiger charge is -2.12. The Balaban J connectivity index is 1.40. The Morgan fingerprint density at radius 2 is 2.09 bits per heavy atom. The van der Waals surface area contributed by atoms with Gasteiger partial charge in [-0.3, -0.25) is 14.2 Å². The van der Waals surface area contributed by atoms with Gasteiger partial charge in [0.25, 0.3) is 5.56 Å². The van der Waals surface area contributed by atoms with Crippen molar-refractivity contribution in [1.82, 2.24) is 9.55 Å². The first-order valence-electron chi connectivity index (χ1n) is 10.7. The third kappa shape index (κ3) is 4.26. The van der Waals surface area contributed by atoms with E-state index in [1.165, 1.54) is 23.0 Å². The van der Waals surface area contributed by atoms with Crippen LogP contribution in [0.5, 0.6) is 0 Å². The highest BCUT2D eigenvalue weighted by atomic mass is 32.2. The van der Waals surface area contributed by atoms with Gasteiger partial charge in [0.05, 0.1) is 42.1 Å². The number of ether oxygens (including phenoxy) is 1. The zero-order valence-electron chi connectivity index (χ0n) is 18.3. The number of thiophene rings is 1. The van der Waals surface area contributed by atoms with E-state index in [0.29, 0.717) is 32.4 Å². The molecule has 1 aliphatic rings. The topological polar surface area (TPSA) is 103 Å². The van der Waals surface area contributed by atoms with E-state index in [-0.39, 0.29) is 23.8 Å². The van der Waals surface area contributed by atoms with Gasteiger partial charge < -0.3 is 14.5 Å². The molecule has 1 aromatic carbocycles. The summed E-state index contributed by atoms with van der Waals surface area (Å²) in [5.74, 6) is -0.0966. The van der Waals surface area contributed by atoms with E-state index in [9.17, 15) is 14.4 Å². The van der Waals surface area contributed by atoms with E-state index in [1.54, 1.807) is 36.6 Å². The summed E-state index contributed by atoms with van der Waals surface area (Å²) in [5.41, 5.74) is 1.79. The predicted molar refractivity (Wildman–Crippen MR) is 131 cm³/mol. The quantitative estimate of drug-likeness (QED) is 0.234. The van der Waals surface area contributed by atoms with Crippen LogP contribution in [0.3, 0.4) is 0 Å². The Hall–Kier alpha value is -3.37. The molecule has 0 unspecified atom stereocenters. The number of thioether (sulfide) groups is 1. The molecule has 0 saturated heterocycles. The number of hydrogen-bond donors (Lipinski definition) is 1. The third-order valence-corrected chi connectivity index (χ3v) is 7.80. The van der Waals surface area contributed by atoms with Crippen molar-refractivity contribution in [3.05, 3.63) is 74.8 Å². The number of furan rings is 1. The van der Waals surface area contributed by atoms with Crippen LogP contribution in [-0.2, 0) is 28.9 Å². The van der Waals surface area contributed by atoms with Crippen molar-refractivity contribution < 1.29 is 18.7 Å². The van der Waals surface area contributed by atoms with Crippen molar-refractivity contribution in [3.8, 4) is 0 Å². The number of nitrogens with zero attached hydrogens (tertiary/aromatic N) is 2. The second kappa shape index (κ2) is 9.47. The van der Waals surface area contributed by atoms with Crippen LogP contribution in [-0.4, -0.2) is 34.3 Å². The van der Waals surface area contributed by atoms with Gasteiger partial charge in [-0.05, 0) is 49.1 Å². The summed E-state index contributed by atoms with van der Waals surface area (Å²) in [6.07, 6.45) is 4.25. The zero-order valence-corrected chi connectivity index (χ0v) is 20.0. The molecule has 1 aliphatic carbocycles. The SMILES string of the molecule is COC(=O)c1c(NC(=O)CSc2nc3ccccc3c(=O)n2Cc2ccco2)sc2c1CCC2. The monoisotopic (exact) mass is 495 g/mol. The van der Waals surface area contributed by atoms with Crippen molar-refractivity contribution in [2.24, 2.45) is 0 Å². The predicted octanol–water partition coefficient (Wildman–Crippen LogP) is 4.11. The summed E-state index contributed by atoms with van der Waals surface area (Å²) in [4.78, 5) is 44.1. The van der Waals surface area contributed by atoms with Gasteiger partial charge in [-0.2, -0.15) is 0 Å². The van der Waals surface area contributed by atoms with Gasteiger partial charge in [-0.1, -0.05) is 23.9 Å². The molecule has 174 valence electrons. The molecule has 0 atom stereocenters. The molecule has 0 aliphatic heterocycles. The molecule has 1 N–H and O–H groups in total. The molecule has 8 nitrogen and oxygen atoms in total. The lowest BCUT2D eigenvalue weighted by Crippen LogP contribution is -2.24. The standard InChI is InChI=1S/C24H21N3O5S2/c1-31-23(30)20-16-8-4-10-18(16)34-21(20)26-19(28)13-33-24-25-17-9-3-2-7-15(17)22(29)27(24)12-14-6-5-11-32-14/h2-3,5-7,9,11H,4,8,10,12-13H2,1H3,(H,26,28). The molecule has 0 saturated carbocycles. The fourth-order valence-electron chi connectivity index (χ4n) is 4.06. The number of esters is 1. The summed E-state index contributed by atoms with van der Waals surface area (Å²) in [5, 5.41) is 4.29. The number of para-hydroxylation sites is 1. The minimum atomic E-state index is -0.439. The molecule has 4 aromatic rings. The fourth-order valence-corrected chi connectivity index (χ4v) is 6.15. The van der Waals surface area contributed by atoms with Crippen LogP contribution in [0.2, 0.25) is 0 Å². The van der Waals surface area contributed by atoms with E-state index >= 15 is 0 Å². The maximum Gasteiger partial charge on any atom is 0.341 e. The number of hydrogen-bond acceptors (Lipinski definition) is 8. The summed E-state index contributed by atoms with van der Waals surface area (Å²) in [7, 11) is 1.34. The van der Waals surface area contributed by atoms with Gasteiger partial charge >= 0.3 is 5.97 Å². The largest absolute Gasteiger partial charge is 0.467 e. The minimum Gasteiger partial charge on any atom is -0.467 e. The average molecular weight is 496 g/mol. The number of fused-ring (bicyclic) bond motifs is 2. The lowest BCUT2D eigenvalue weighted by molar-refractivity contribution is -0.113. The molecule has 34 heavy (non-hydrogen) atoms. The van der Waals surface area contributed by atoms with Crippen molar-refractivity contribution >= 4 is 50.9 Å². The second-order valence-electron chi connectivity index (χ2n) is 7.77. The Morgan fingerprint density at radius 3 is 2.88 bits per heavy atom. The van der Waals surface area contributed by atoms with Crippen LogP contribution in [0.4, 0.5) is 5.00 Å². The number of rotatable bonds is 7. The Kier molecular flexibility index (Phi) is 6.25. The van der Waals surface area contributed by atoms with Crippen molar-refractivity contribution in [2.75, 3.05) is 18.2 Å². The molecule has 10 heteroatoms. The van der Waals surface area contributed by atoms with Crippen molar-refractivity contribution in [2.45, 2.75) is 31.0 Å². The number of amides is 1. The van der Waals surface area contributed by atoms with E-state index in [0.717, 1.165) is 41.5 Å². The van der Waals surface area contributed by atoms with Crippen molar-refractivity contribution in [3.63, 3.8) is 0 Å². The van der Waals surface area contributed by atoms with E-state index in [2.05, 4.69) is 10.3 Å². The molecule has 0 fully saturated rings. The molecule has 5 rings (SSSR count). The number of carbonyl (C=O) groups excluding carboxylic acids is 2. The summed E-state index contributed by atoms with van der Waals surface area (Å²) >= 11 is 2.59. The highest BCUT2D eigenvalue weighted by Crippen LogP contribution is 2.39. The van der Waals surface area contributed by atoms with Crippen LogP contribution < -0.4 is 10.9 Å². The van der Waals surface area contributed by atoms with Gasteiger partial charge in [0.1, 0.15) is 10.8 Å². The first-order valence-corrected chi connectivity index (χ1v) is 12.5. The van der Waals surface area contributed by atoms with Gasteiger partial charge in [0.2, 0.25) is 5.91 Å². The average Bonchev–Trinajstić information content (AvgIpc) is 3.57. The third-order valence-electron chi connectivity index (χ3n) is 5.62. The van der Waals surface area contributed by atoms with Crippen LogP contribution in [0.1, 0.15) is 33.0 Å². The first kappa shape index (κ1) is 22.4. The van der Waals surface area contributed by atoms with Gasteiger partial charge in [-0.25, -0.2) is 9.78 Å². The Morgan fingerprint density at radius 1 is 1.24 bits per heavy atom. The zero-order chi connectivity index (χ0) is 23.7. The smallest absolute Gasteiger partial charge is 0.341 e. The molecule has 0 radical (unpaired) electrons. The fraction of sp³-hybridized carbons (Fsp3) is 0.250. The van der Waals surface area contributed by atoms with E-state index < -0.39 is 5.97 Å². The highest BCUT2D eigenvalue weighted by molar-refractivity contribution is 7.99. The number of benzene rings is 1. The number of methoxy groups -OCH3 is 1. The highest BCUT2D eigenvalue weighted by Gasteiger charge is 2.28. The maximum absolute atomic E-state index is 13.2. The molecule has 0 spiro atoms.